The number of H-pyrrole nitrogens is 1. The lowest BCUT2D eigenvalue weighted by Crippen LogP contribution is -2.46. The molecular weight excluding hydrogens is 440 g/mol. The maximum atomic E-state index is 13.2. The van der Waals surface area contributed by atoms with Crippen molar-refractivity contribution < 1.29 is 9.53 Å². The molecule has 1 amide bonds. The molecule has 2 rings (SSSR count). The molecule has 0 saturated heterocycles. The molecule has 8 nitrogen and oxygen atoms in total. The van der Waals surface area contributed by atoms with Gasteiger partial charge in [-0.25, -0.2) is 4.79 Å². The zero-order valence-electron chi connectivity index (χ0n) is 16.9. The van der Waals surface area contributed by atoms with Crippen LogP contribution in [0.2, 0.25) is 0 Å². The smallest absolute Gasteiger partial charge is 0.330 e. The minimum atomic E-state index is -0.849. The van der Waals surface area contributed by atoms with Crippen molar-refractivity contribution in [3.8, 4) is 5.75 Å². The molecule has 0 aliphatic heterocycles. The number of nitrogens with one attached hydrogen (secondary N) is 1. The molecule has 1 aromatic heterocycles. The molecule has 9 heteroatoms. The molecule has 0 saturated carbocycles. The van der Waals surface area contributed by atoms with Crippen LogP contribution in [0.15, 0.2) is 38.3 Å². The Hall–Kier alpha value is -2.55. The van der Waals surface area contributed by atoms with Gasteiger partial charge in [0.15, 0.2) is 11.8 Å². The molecule has 0 radical (unpaired) electrons. The van der Waals surface area contributed by atoms with E-state index in [0.717, 1.165) is 10.9 Å². The summed E-state index contributed by atoms with van der Waals surface area (Å²) in [6, 6.07) is 7.11. The largest absolute Gasteiger partial charge is 0.481 e. The van der Waals surface area contributed by atoms with Gasteiger partial charge < -0.3 is 15.4 Å². The van der Waals surface area contributed by atoms with E-state index in [1.807, 2.05) is 26.0 Å². The Kier molecular flexibility index (Phi) is 8.07. The number of nitrogen functional groups attached to an aromatic ring is 1. The molecule has 0 aliphatic rings. The van der Waals surface area contributed by atoms with Crippen LogP contribution in [-0.4, -0.2) is 28.1 Å². The highest BCUT2D eigenvalue weighted by Gasteiger charge is 2.28. The van der Waals surface area contributed by atoms with Gasteiger partial charge in [-0.05, 0) is 44.0 Å². The molecule has 3 N–H and O–H groups in total. The Morgan fingerprint density at radius 1 is 1.24 bits per heavy atom. The van der Waals surface area contributed by atoms with Gasteiger partial charge in [0.05, 0.1) is 0 Å². The van der Waals surface area contributed by atoms with Gasteiger partial charge in [0.2, 0.25) is 0 Å². The predicted molar refractivity (Wildman–Crippen MR) is 118 cm³/mol. The van der Waals surface area contributed by atoms with E-state index < -0.39 is 23.3 Å². The van der Waals surface area contributed by atoms with Crippen molar-refractivity contribution in [1.29, 1.82) is 0 Å². The number of aromatic nitrogens is 2. The van der Waals surface area contributed by atoms with Crippen LogP contribution in [0.5, 0.6) is 5.75 Å². The summed E-state index contributed by atoms with van der Waals surface area (Å²) in [6.07, 6.45) is 1.29. The van der Waals surface area contributed by atoms with Gasteiger partial charge in [-0.3, -0.25) is 19.1 Å². The zero-order chi connectivity index (χ0) is 21.6. The van der Waals surface area contributed by atoms with E-state index in [-0.39, 0.29) is 11.5 Å². The summed E-state index contributed by atoms with van der Waals surface area (Å²) in [7, 11) is 0. The SMILES string of the molecule is CCCCN(C(=O)C(C)Oc1ccc(Br)cc1)c1c(N)n(CCC)c(=O)[nH]c1=O. The summed E-state index contributed by atoms with van der Waals surface area (Å²) in [4.78, 5) is 41.4. The summed E-state index contributed by atoms with van der Waals surface area (Å²) >= 11 is 3.35. The number of rotatable bonds is 9. The predicted octanol–water partition coefficient (Wildman–Crippen LogP) is 2.89. The van der Waals surface area contributed by atoms with Crippen LogP contribution in [0.4, 0.5) is 11.5 Å². The normalized spacial score (nSPS) is 11.9. The van der Waals surface area contributed by atoms with Crippen LogP contribution in [0.3, 0.4) is 0 Å². The third-order valence-corrected chi connectivity index (χ3v) is 4.94. The second-order valence-corrected chi connectivity index (χ2v) is 7.62. The third kappa shape index (κ3) is 5.50. The second-order valence-electron chi connectivity index (χ2n) is 6.70. The Balaban J connectivity index is 2.41. The summed E-state index contributed by atoms with van der Waals surface area (Å²) in [5.74, 6) is 0.114. The molecule has 1 heterocycles. The first-order valence-corrected chi connectivity index (χ1v) is 10.5. The molecule has 29 heavy (non-hydrogen) atoms. The van der Waals surface area contributed by atoms with Crippen molar-refractivity contribution in [3.05, 3.63) is 49.6 Å². The molecule has 1 aromatic carbocycles. The van der Waals surface area contributed by atoms with Crippen LogP contribution < -0.4 is 26.6 Å². The maximum Gasteiger partial charge on any atom is 0.330 e. The van der Waals surface area contributed by atoms with E-state index in [1.54, 1.807) is 19.1 Å². The first-order chi connectivity index (χ1) is 13.8. The van der Waals surface area contributed by atoms with Crippen molar-refractivity contribution in [3.63, 3.8) is 0 Å². The average molecular weight is 467 g/mol. The molecule has 1 atom stereocenters. The quantitative estimate of drug-likeness (QED) is 0.589. The van der Waals surface area contributed by atoms with Crippen LogP contribution >= 0.6 is 15.9 Å². The lowest BCUT2D eigenvalue weighted by molar-refractivity contribution is -0.124. The number of ether oxygens (including phenoxy) is 1. The van der Waals surface area contributed by atoms with Crippen molar-refractivity contribution in [2.24, 2.45) is 0 Å². The monoisotopic (exact) mass is 466 g/mol. The summed E-state index contributed by atoms with van der Waals surface area (Å²) < 4.78 is 7.94. The van der Waals surface area contributed by atoms with E-state index in [2.05, 4.69) is 20.9 Å². The minimum absolute atomic E-state index is 0.0113. The van der Waals surface area contributed by atoms with Crippen molar-refractivity contribution in [1.82, 2.24) is 9.55 Å². The van der Waals surface area contributed by atoms with Crippen molar-refractivity contribution in [2.75, 3.05) is 17.2 Å². The lowest BCUT2D eigenvalue weighted by atomic mass is 10.2. The molecule has 0 aliphatic carbocycles. The van der Waals surface area contributed by atoms with Crippen molar-refractivity contribution in [2.45, 2.75) is 52.7 Å². The fraction of sp³-hybridized carbons (Fsp3) is 0.450. The Bertz CT molecular complexity index is 952. The number of hydrogen-bond donors (Lipinski definition) is 2. The van der Waals surface area contributed by atoms with Gasteiger partial charge in [-0.15, -0.1) is 0 Å². The van der Waals surface area contributed by atoms with E-state index in [4.69, 9.17) is 10.5 Å². The highest BCUT2D eigenvalue weighted by atomic mass is 79.9. The fourth-order valence-corrected chi connectivity index (χ4v) is 3.18. The lowest BCUT2D eigenvalue weighted by Gasteiger charge is -2.27. The number of carbonyl (C=O) groups is 1. The molecule has 1 unspecified atom stereocenters. The second kappa shape index (κ2) is 10.3. The van der Waals surface area contributed by atoms with Crippen molar-refractivity contribution >= 4 is 33.3 Å². The highest BCUT2D eigenvalue weighted by Crippen LogP contribution is 2.21. The third-order valence-electron chi connectivity index (χ3n) is 4.41. The molecular formula is C20H27BrN4O4. The van der Waals surface area contributed by atoms with Crippen LogP contribution in [0, 0.1) is 0 Å². The zero-order valence-corrected chi connectivity index (χ0v) is 18.5. The molecule has 0 fully saturated rings. The first-order valence-electron chi connectivity index (χ1n) is 9.66. The Morgan fingerprint density at radius 3 is 2.48 bits per heavy atom. The van der Waals surface area contributed by atoms with E-state index in [9.17, 15) is 14.4 Å². The number of nitrogens with zero attached hydrogens (tertiary/aromatic N) is 2. The minimum Gasteiger partial charge on any atom is -0.481 e. The molecule has 158 valence electrons. The molecule has 0 spiro atoms. The number of unbranched alkanes of at least 4 members (excludes halogenated alkanes) is 1. The van der Waals surface area contributed by atoms with Gasteiger partial charge in [0, 0.05) is 17.6 Å². The van der Waals surface area contributed by atoms with E-state index >= 15 is 0 Å². The average Bonchev–Trinajstić information content (AvgIpc) is 2.68. The van der Waals surface area contributed by atoms with E-state index in [0.29, 0.717) is 31.7 Å². The van der Waals surface area contributed by atoms with Gasteiger partial charge in [0.25, 0.3) is 11.5 Å². The number of benzene rings is 1. The Morgan fingerprint density at radius 2 is 1.90 bits per heavy atom. The van der Waals surface area contributed by atoms with Crippen LogP contribution in [0.25, 0.3) is 0 Å². The summed E-state index contributed by atoms with van der Waals surface area (Å²) in [6.45, 7) is 6.13. The van der Waals surface area contributed by atoms with Crippen LogP contribution in [0.1, 0.15) is 40.0 Å². The van der Waals surface area contributed by atoms with Gasteiger partial charge in [0.1, 0.15) is 11.6 Å². The number of nitrogens with two attached hydrogens (primary N) is 1. The Labute approximate surface area is 177 Å². The topological polar surface area (TPSA) is 110 Å². The fourth-order valence-electron chi connectivity index (χ4n) is 2.92. The molecule has 0 bridgehead atoms. The number of anilines is 2. The van der Waals surface area contributed by atoms with Gasteiger partial charge in [-0.1, -0.05) is 36.2 Å². The maximum absolute atomic E-state index is 13.2. The van der Waals surface area contributed by atoms with Gasteiger partial charge in [-0.2, -0.15) is 0 Å². The number of hydrogen-bond acceptors (Lipinski definition) is 5. The summed E-state index contributed by atoms with van der Waals surface area (Å²) in [5.41, 5.74) is 4.88. The van der Waals surface area contributed by atoms with E-state index in [1.165, 1.54) is 9.47 Å². The highest BCUT2D eigenvalue weighted by molar-refractivity contribution is 9.10. The molecule has 2 aromatic rings. The first kappa shape index (κ1) is 22.7. The number of carbonyl (C=O) groups excluding carboxylic acids is 1. The number of halogens is 1. The van der Waals surface area contributed by atoms with Gasteiger partial charge >= 0.3 is 5.69 Å². The van der Waals surface area contributed by atoms with Crippen LogP contribution in [-0.2, 0) is 11.3 Å². The summed E-state index contributed by atoms with van der Waals surface area (Å²) in [5, 5.41) is 0. The number of amides is 1. The number of aromatic amines is 1. The standard InChI is InChI=1S/C20H27BrN4O4/c1-4-6-12-24(16-17(22)25(11-5-2)20(28)23-18(16)26)19(27)13(3)29-15-9-7-14(21)8-10-15/h7-10,13H,4-6,11-12,22H2,1-3H3,(H,23,26,28).